The monoisotopic (exact) mass is 322 g/mol. The average molecular weight is 322 g/mol. The molecule has 0 spiro atoms. The molecule has 1 rings (SSSR count). The van der Waals surface area contributed by atoms with E-state index in [1.54, 1.807) is 45.3 Å². The molecule has 128 valence electrons. The minimum Gasteiger partial charge on any atom is -0.484 e. The van der Waals surface area contributed by atoms with Crippen molar-refractivity contribution in [1.29, 1.82) is 0 Å². The number of carbonyl (C=O) groups is 2. The van der Waals surface area contributed by atoms with Crippen molar-refractivity contribution < 1.29 is 19.1 Å². The van der Waals surface area contributed by atoms with E-state index in [0.717, 1.165) is 0 Å². The molecule has 0 aliphatic heterocycles. The topological polar surface area (TPSA) is 67.9 Å². The van der Waals surface area contributed by atoms with Crippen LogP contribution in [-0.2, 0) is 14.3 Å². The molecule has 0 aromatic heterocycles. The first kappa shape index (κ1) is 19.0. The van der Waals surface area contributed by atoms with E-state index in [1.807, 2.05) is 13.8 Å². The molecule has 2 amide bonds. The Morgan fingerprint density at radius 2 is 1.74 bits per heavy atom. The van der Waals surface area contributed by atoms with Gasteiger partial charge in [-0.3, -0.25) is 9.59 Å². The zero-order chi connectivity index (χ0) is 17.4. The second kappa shape index (κ2) is 9.15. The van der Waals surface area contributed by atoms with Gasteiger partial charge in [-0.2, -0.15) is 0 Å². The summed E-state index contributed by atoms with van der Waals surface area (Å²) in [6.07, 6.45) is -0.508. The van der Waals surface area contributed by atoms with Crippen molar-refractivity contribution in [3.8, 4) is 5.75 Å². The third-order valence-corrected chi connectivity index (χ3v) is 3.03. The number of benzene rings is 1. The van der Waals surface area contributed by atoms with Gasteiger partial charge in [0.2, 0.25) is 0 Å². The van der Waals surface area contributed by atoms with E-state index in [0.29, 0.717) is 24.0 Å². The lowest BCUT2D eigenvalue weighted by molar-refractivity contribution is -0.130. The number of rotatable bonds is 8. The molecule has 1 aromatic carbocycles. The third-order valence-electron chi connectivity index (χ3n) is 3.03. The van der Waals surface area contributed by atoms with Crippen LogP contribution in [-0.4, -0.2) is 50.1 Å². The zero-order valence-electron chi connectivity index (χ0n) is 14.5. The van der Waals surface area contributed by atoms with Crippen LogP contribution in [0.5, 0.6) is 5.75 Å². The number of ether oxygens (including phenoxy) is 2. The molecule has 0 bridgehead atoms. The van der Waals surface area contributed by atoms with Gasteiger partial charge >= 0.3 is 0 Å². The number of nitrogens with one attached hydrogen (secondary N) is 1. The summed E-state index contributed by atoms with van der Waals surface area (Å²) >= 11 is 0. The lowest BCUT2D eigenvalue weighted by Crippen LogP contribution is -2.29. The van der Waals surface area contributed by atoms with Crippen LogP contribution in [0.2, 0.25) is 0 Å². The Morgan fingerprint density at radius 1 is 1.13 bits per heavy atom. The summed E-state index contributed by atoms with van der Waals surface area (Å²) in [7, 11) is 3.35. The molecular formula is C17H26N2O4. The van der Waals surface area contributed by atoms with Crippen LogP contribution < -0.4 is 10.1 Å². The minimum absolute atomic E-state index is 0.0151. The lowest BCUT2D eigenvalue weighted by Gasteiger charge is -2.15. The molecule has 1 aromatic rings. The smallest absolute Gasteiger partial charge is 0.259 e. The molecule has 23 heavy (non-hydrogen) atoms. The molecule has 0 heterocycles. The van der Waals surface area contributed by atoms with Gasteiger partial charge in [-0.05, 0) is 37.1 Å². The van der Waals surface area contributed by atoms with Gasteiger partial charge in [0.05, 0.1) is 0 Å². The fourth-order valence-electron chi connectivity index (χ4n) is 1.57. The Hall–Kier alpha value is -2.08. The highest BCUT2D eigenvalue weighted by Gasteiger charge is 2.14. The molecule has 0 aliphatic carbocycles. The first-order chi connectivity index (χ1) is 10.8. The van der Waals surface area contributed by atoms with Gasteiger partial charge in [-0.1, -0.05) is 13.8 Å². The Labute approximate surface area is 137 Å². The van der Waals surface area contributed by atoms with Gasteiger partial charge in [0.1, 0.15) is 11.9 Å². The molecule has 0 saturated heterocycles. The highest BCUT2D eigenvalue weighted by atomic mass is 16.5. The van der Waals surface area contributed by atoms with Gasteiger partial charge in [0, 0.05) is 26.4 Å². The molecular weight excluding hydrogens is 296 g/mol. The summed E-state index contributed by atoms with van der Waals surface area (Å²) in [6.45, 7) is 6.32. The van der Waals surface area contributed by atoms with Crippen molar-refractivity contribution in [3.63, 3.8) is 0 Å². The number of carbonyl (C=O) groups excluding carboxylic acids is 2. The van der Waals surface area contributed by atoms with Crippen molar-refractivity contribution >= 4 is 17.5 Å². The zero-order valence-corrected chi connectivity index (χ0v) is 14.5. The number of hydrogen-bond acceptors (Lipinski definition) is 4. The number of nitrogens with zero attached hydrogens (tertiary/aromatic N) is 1. The van der Waals surface area contributed by atoms with Gasteiger partial charge in [-0.15, -0.1) is 0 Å². The van der Waals surface area contributed by atoms with Crippen LogP contribution in [0.1, 0.15) is 20.8 Å². The third kappa shape index (κ3) is 7.15. The lowest BCUT2D eigenvalue weighted by atomic mass is 10.2. The summed E-state index contributed by atoms with van der Waals surface area (Å²) < 4.78 is 10.8. The van der Waals surface area contributed by atoms with E-state index < -0.39 is 6.10 Å². The van der Waals surface area contributed by atoms with E-state index in [1.165, 1.54) is 4.90 Å². The summed E-state index contributed by atoms with van der Waals surface area (Å²) in [5.74, 6) is 0.648. The van der Waals surface area contributed by atoms with Gasteiger partial charge in [0.25, 0.3) is 11.8 Å². The van der Waals surface area contributed by atoms with Crippen molar-refractivity contribution in [2.45, 2.75) is 26.9 Å². The highest BCUT2D eigenvalue weighted by Crippen LogP contribution is 2.16. The summed E-state index contributed by atoms with van der Waals surface area (Å²) in [4.78, 5) is 24.9. The predicted octanol–water partition coefficient (Wildman–Crippen LogP) is 2.15. The molecule has 0 radical (unpaired) electrons. The van der Waals surface area contributed by atoms with Crippen molar-refractivity contribution in [2.24, 2.45) is 5.92 Å². The van der Waals surface area contributed by atoms with Crippen LogP contribution in [0.25, 0.3) is 0 Å². The maximum Gasteiger partial charge on any atom is 0.259 e. The second-order valence-electron chi connectivity index (χ2n) is 5.96. The maximum atomic E-state index is 12.0. The van der Waals surface area contributed by atoms with Gasteiger partial charge in [0.15, 0.2) is 6.61 Å². The number of likely N-dealkylation sites (N-methyl/N-ethyl adjacent to an activating group) is 1. The molecule has 0 unspecified atom stereocenters. The van der Waals surface area contributed by atoms with Crippen LogP contribution in [0, 0.1) is 5.92 Å². The standard InChI is InChI=1S/C17H26N2O4/c1-12(2)10-22-13(3)17(21)18-14-6-8-15(9-7-14)23-11-16(20)19(4)5/h6-9,12-13H,10-11H2,1-5H3,(H,18,21)/t13-/m1/s1. The van der Waals surface area contributed by atoms with Crippen molar-refractivity contribution in [1.82, 2.24) is 4.90 Å². The fraction of sp³-hybridized carbons (Fsp3) is 0.529. The molecule has 0 aliphatic rings. The molecule has 0 fully saturated rings. The summed E-state index contributed by atoms with van der Waals surface area (Å²) in [5.41, 5.74) is 0.654. The summed E-state index contributed by atoms with van der Waals surface area (Å²) in [5, 5.41) is 2.78. The molecule has 1 atom stereocenters. The Kier molecular flexibility index (Phi) is 7.54. The van der Waals surface area contributed by atoms with E-state index in [-0.39, 0.29) is 18.4 Å². The summed E-state index contributed by atoms with van der Waals surface area (Å²) in [6, 6.07) is 6.86. The second-order valence-corrected chi connectivity index (χ2v) is 5.96. The Bertz CT molecular complexity index is 512. The van der Waals surface area contributed by atoms with E-state index >= 15 is 0 Å². The normalized spacial score (nSPS) is 11.9. The van der Waals surface area contributed by atoms with Crippen molar-refractivity contribution in [2.75, 3.05) is 32.6 Å². The molecule has 0 saturated carbocycles. The van der Waals surface area contributed by atoms with Crippen LogP contribution >= 0.6 is 0 Å². The number of hydrogen-bond donors (Lipinski definition) is 1. The Morgan fingerprint density at radius 3 is 2.26 bits per heavy atom. The largest absolute Gasteiger partial charge is 0.484 e. The fourth-order valence-corrected chi connectivity index (χ4v) is 1.57. The van der Waals surface area contributed by atoms with Crippen LogP contribution in [0.3, 0.4) is 0 Å². The van der Waals surface area contributed by atoms with Crippen molar-refractivity contribution in [3.05, 3.63) is 24.3 Å². The van der Waals surface area contributed by atoms with E-state index in [2.05, 4.69) is 5.32 Å². The SMILES string of the molecule is CC(C)CO[C@H](C)C(=O)Nc1ccc(OCC(=O)N(C)C)cc1. The number of anilines is 1. The minimum atomic E-state index is -0.508. The van der Waals surface area contributed by atoms with Crippen LogP contribution in [0.4, 0.5) is 5.69 Å². The average Bonchev–Trinajstić information content (AvgIpc) is 2.51. The first-order valence-corrected chi connectivity index (χ1v) is 7.65. The highest BCUT2D eigenvalue weighted by molar-refractivity contribution is 5.93. The van der Waals surface area contributed by atoms with Gasteiger partial charge in [-0.25, -0.2) is 0 Å². The van der Waals surface area contributed by atoms with Gasteiger partial charge < -0.3 is 19.7 Å². The molecule has 6 heteroatoms. The van der Waals surface area contributed by atoms with E-state index in [9.17, 15) is 9.59 Å². The maximum absolute atomic E-state index is 12.0. The quantitative estimate of drug-likeness (QED) is 0.796. The molecule has 6 nitrogen and oxygen atoms in total. The first-order valence-electron chi connectivity index (χ1n) is 7.65. The van der Waals surface area contributed by atoms with Crippen LogP contribution in [0.15, 0.2) is 24.3 Å². The van der Waals surface area contributed by atoms with E-state index in [4.69, 9.17) is 9.47 Å². The predicted molar refractivity (Wildman–Crippen MR) is 89.5 cm³/mol. The number of amides is 2. The Balaban J connectivity index is 2.47. The molecule has 1 N–H and O–H groups in total.